The predicted molar refractivity (Wildman–Crippen MR) is 106 cm³/mol. The van der Waals surface area contributed by atoms with Crippen molar-refractivity contribution >= 4 is 29.4 Å². The van der Waals surface area contributed by atoms with E-state index in [1.165, 1.54) is 17.8 Å². The van der Waals surface area contributed by atoms with Crippen molar-refractivity contribution in [2.24, 2.45) is 0 Å². The van der Waals surface area contributed by atoms with Crippen molar-refractivity contribution in [3.63, 3.8) is 0 Å². The monoisotopic (exact) mass is 402 g/mol. The first kappa shape index (κ1) is 19.9. The highest BCUT2D eigenvalue weighted by atomic mass is 32.2. The SMILES string of the molecule is C/C=C/C(=O)Nc1ccnc(Sc2c(OC)nc(N3CCCC3)nc2OC)n1. The standard InChI is InChI=1S/C18H22N6O3S/c1-4-7-13(25)20-12-8-9-19-18(21-12)28-14-15(26-2)22-17(23-16(14)27-3)24-10-5-6-11-24/h4,7-9H,5-6,10-11H2,1-3H3,(H,19,20,21,25)/b7-4+. The summed E-state index contributed by atoms with van der Waals surface area (Å²) in [6.45, 7) is 3.59. The number of ether oxygens (including phenoxy) is 2. The topological polar surface area (TPSA) is 102 Å². The lowest BCUT2D eigenvalue weighted by molar-refractivity contribution is -0.111. The Morgan fingerprint density at radius 2 is 1.86 bits per heavy atom. The van der Waals surface area contributed by atoms with Gasteiger partial charge in [0.2, 0.25) is 23.6 Å². The summed E-state index contributed by atoms with van der Waals surface area (Å²) in [5.74, 6) is 1.51. The fourth-order valence-electron chi connectivity index (χ4n) is 2.69. The number of nitrogens with one attached hydrogen (secondary N) is 1. The number of hydrogen-bond donors (Lipinski definition) is 1. The Kier molecular flexibility index (Phi) is 6.64. The number of amides is 1. The Morgan fingerprint density at radius 1 is 1.18 bits per heavy atom. The molecular formula is C18H22N6O3S. The van der Waals surface area contributed by atoms with Crippen LogP contribution in [0.1, 0.15) is 19.8 Å². The van der Waals surface area contributed by atoms with E-state index >= 15 is 0 Å². The van der Waals surface area contributed by atoms with E-state index in [0.29, 0.717) is 33.6 Å². The predicted octanol–water partition coefficient (Wildman–Crippen LogP) is 2.55. The Labute approximate surface area is 167 Å². The summed E-state index contributed by atoms with van der Waals surface area (Å²) in [5.41, 5.74) is 0. The number of rotatable bonds is 7. The van der Waals surface area contributed by atoms with Crippen molar-refractivity contribution < 1.29 is 14.3 Å². The van der Waals surface area contributed by atoms with E-state index in [0.717, 1.165) is 25.9 Å². The van der Waals surface area contributed by atoms with Gasteiger partial charge < -0.3 is 19.7 Å². The molecular weight excluding hydrogens is 380 g/mol. The number of aromatic nitrogens is 4. The smallest absolute Gasteiger partial charge is 0.249 e. The van der Waals surface area contributed by atoms with Gasteiger partial charge in [-0.1, -0.05) is 6.08 Å². The number of carbonyl (C=O) groups excluding carboxylic acids is 1. The summed E-state index contributed by atoms with van der Waals surface area (Å²) < 4.78 is 10.9. The number of nitrogens with zero attached hydrogens (tertiary/aromatic N) is 5. The lowest BCUT2D eigenvalue weighted by Crippen LogP contribution is -2.21. The minimum atomic E-state index is -0.259. The van der Waals surface area contributed by atoms with Gasteiger partial charge in [0, 0.05) is 19.3 Å². The van der Waals surface area contributed by atoms with Crippen LogP contribution in [0.25, 0.3) is 0 Å². The maximum atomic E-state index is 11.7. The highest BCUT2D eigenvalue weighted by Gasteiger charge is 2.23. The van der Waals surface area contributed by atoms with Gasteiger partial charge in [0.05, 0.1) is 14.2 Å². The van der Waals surface area contributed by atoms with Gasteiger partial charge in [-0.25, -0.2) is 9.97 Å². The summed E-state index contributed by atoms with van der Waals surface area (Å²) in [4.78, 5) is 32.0. The zero-order valence-corrected chi connectivity index (χ0v) is 16.8. The normalized spacial score (nSPS) is 13.8. The molecule has 0 atom stereocenters. The lowest BCUT2D eigenvalue weighted by atomic mass is 10.4. The van der Waals surface area contributed by atoms with Crippen molar-refractivity contribution in [3.05, 3.63) is 24.4 Å². The quantitative estimate of drug-likeness (QED) is 0.553. The van der Waals surface area contributed by atoms with Crippen molar-refractivity contribution in [2.45, 2.75) is 29.8 Å². The molecule has 0 aromatic carbocycles. The van der Waals surface area contributed by atoms with Crippen molar-refractivity contribution in [3.8, 4) is 11.8 Å². The van der Waals surface area contributed by atoms with Crippen LogP contribution < -0.4 is 19.7 Å². The van der Waals surface area contributed by atoms with Crippen LogP contribution in [0.4, 0.5) is 11.8 Å². The minimum absolute atomic E-state index is 0.259. The summed E-state index contributed by atoms with van der Waals surface area (Å²) >= 11 is 1.21. The number of anilines is 2. The summed E-state index contributed by atoms with van der Waals surface area (Å²) in [7, 11) is 3.10. The van der Waals surface area contributed by atoms with Crippen LogP contribution in [-0.2, 0) is 4.79 Å². The third-order valence-corrected chi connectivity index (χ3v) is 4.90. The van der Waals surface area contributed by atoms with Crippen LogP contribution in [0.15, 0.2) is 34.5 Å². The molecule has 1 aliphatic heterocycles. The number of allylic oxidation sites excluding steroid dienone is 1. The number of hydrogen-bond acceptors (Lipinski definition) is 9. The van der Waals surface area contributed by atoms with Gasteiger partial charge in [-0.15, -0.1) is 0 Å². The molecule has 3 rings (SSSR count). The molecule has 2 aromatic heterocycles. The van der Waals surface area contributed by atoms with E-state index in [9.17, 15) is 4.79 Å². The van der Waals surface area contributed by atoms with Crippen LogP contribution in [0, 0.1) is 0 Å². The molecule has 9 nitrogen and oxygen atoms in total. The van der Waals surface area contributed by atoms with E-state index < -0.39 is 0 Å². The molecule has 0 spiro atoms. The third-order valence-electron chi connectivity index (χ3n) is 3.96. The zero-order valence-electron chi connectivity index (χ0n) is 16.0. The van der Waals surface area contributed by atoms with E-state index in [1.807, 2.05) is 0 Å². The molecule has 0 unspecified atom stereocenters. The summed E-state index contributed by atoms with van der Waals surface area (Å²) in [6.07, 6.45) is 6.88. The molecule has 1 N–H and O–H groups in total. The Bertz CT molecular complexity index is 845. The van der Waals surface area contributed by atoms with Gasteiger partial charge in [-0.3, -0.25) is 4.79 Å². The van der Waals surface area contributed by atoms with Gasteiger partial charge in [-0.05, 0) is 43.7 Å². The Hall–Kier alpha value is -2.88. The summed E-state index contributed by atoms with van der Waals surface area (Å²) in [5, 5.41) is 3.09. The molecule has 0 radical (unpaired) electrons. The zero-order chi connectivity index (χ0) is 19.9. The van der Waals surface area contributed by atoms with E-state index in [2.05, 4.69) is 30.2 Å². The first-order chi connectivity index (χ1) is 13.6. The molecule has 0 bridgehead atoms. The molecule has 2 aromatic rings. The number of carbonyl (C=O) groups is 1. The van der Waals surface area contributed by atoms with Crippen LogP contribution in [-0.4, -0.2) is 53.2 Å². The Morgan fingerprint density at radius 3 is 2.46 bits per heavy atom. The molecule has 10 heteroatoms. The van der Waals surface area contributed by atoms with Gasteiger partial charge in [0.1, 0.15) is 10.7 Å². The third kappa shape index (κ3) is 4.69. The van der Waals surface area contributed by atoms with Gasteiger partial charge in [0.25, 0.3) is 0 Å². The van der Waals surface area contributed by atoms with Crippen LogP contribution >= 0.6 is 11.8 Å². The highest BCUT2D eigenvalue weighted by Crippen LogP contribution is 2.40. The van der Waals surface area contributed by atoms with Gasteiger partial charge >= 0.3 is 0 Å². The van der Waals surface area contributed by atoms with E-state index in [-0.39, 0.29) is 5.91 Å². The molecule has 28 heavy (non-hydrogen) atoms. The van der Waals surface area contributed by atoms with Crippen LogP contribution in [0.3, 0.4) is 0 Å². The summed E-state index contributed by atoms with van der Waals surface area (Å²) in [6, 6.07) is 1.62. The van der Waals surface area contributed by atoms with Crippen molar-refractivity contribution in [2.75, 3.05) is 37.5 Å². The molecule has 1 saturated heterocycles. The van der Waals surface area contributed by atoms with Gasteiger partial charge in [-0.2, -0.15) is 9.97 Å². The molecule has 1 fully saturated rings. The second kappa shape index (κ2) is 9.36. The van der Waals surface area contributed by atoms with Crippen LogP contribution in [0.5, 0.6) is 11.8 Å². The average Bonchev–Trinajstić information content (AvgIpc) is 3.23. The molecule has 1 amide bonds. The van der Waals surface area contributed by atoms with Gasteiger partial charge in [0.15, 0.2) is 5.16 Å². The largest absolute Gasteiger partial charge is 0.480 e. The van der Waals surface area contributed by atoms with Crippen molar-refractivity contribution in [1.82, 2.24) is 19.9 Å². The molecule has 3 heterocycles. The molecule has 0 aliphatic carbocycles. The second-order valence-corrected chi connectivity index (χ2v) is 6.86. The first-order valence-electron chi connectivity index (χ1n) is 8.84. The van der Waals surface area contributed by atoms with Crippen LogP contribution in [0.2, 0.25) is 0 Å². The average molecular weight is 402 g/mol. The van der Waals surface area contributed by atoms with Crippen molar-refractivity contribution in [1.29, 1.82) is 0 Å². The van der Waals surface area contributed by atoms with E-state index in [4.69, 9.17) is 9.47 Å². The lowest BCUT2D eigenvalue weighted by Gasteiger charge is -2.18. The molecule has 148 valence electrons. The Balaban J connectivity index is 1.88. The maximum Gasteiger partial charge on any atom is 0.249 e. The van der Waals surface area contributed by atoms with E-state index in [1.54, 1.807) is 39.5 Å². The maximum absolute atomic E-state index is 11.7. The fourth-order valence-corrected chi connectivity index (χ4v) is 3.57. The molecule has 0 saturated carbocycles. The second-order valence-electron chi connectivity index (χ2n) is 5.88. The first-order valence-corrected chi connectivity index (χ1v) is 9.65. The fraction of sp³-hybridized carbons (Fsp3) is 0.389. The highest BCUT2D eigenvalue weighted by molar-refractivity contribution is 7.99. The minimum Gasteiger partial charge on any atom is -0.480 e. The molecule has 1 aliphatic rings. The number of methoxy groups -OCH3 is 2.